The number of anilines is 1. The van der Waals surface area contributed by atoms with Gasteiger partial charge in [0.15, 0.2) is 0 Å². The van der Waals surface area contributed by atoms with E-state index in [9.17, 15) is 0 Å². The van der Waals surface area contributed by atoms with E-state index in [4.69, 9.17) is 15.7 Å². The van der Waals surface area contributed by atoms with Crippen LogP contribution >= 0.6 is 0 Å². The lowest BCUT2D eigenvalue weighted by molar-refractivity contribution is 0.311. The summed E-state index contributed by atoms with van der Waals surface area (Å²) in [4.78, 5) is 0. The molecule has 0 bridgehead atoms. The second-order valence-corrected chi connectivity index (χ2v) is 5.93. The Kier molecular flexibility index (Phi) is 3.76. The van der Waals surface area contributed by atoms with Crippen LogP contribution in [0.25, 0.3) is 0 Å². The monoisotopic (exact) mass is 296 g/mol. The summed E-state index contributed by atoms with van der Waals surface area (Å²) in [6.07, 6.45) is 3.36. The summed E-state index contributed by atoms with van der Waals surface area (Å²) in [5.41, 5.74) is 8.82. The largest absolute Gasteiger partial charge is 0.493 e. The number of nitrogens with zero attached hydrogens (tertiary/aromatic N) is 3. The summed E-state index contributed by atoms with van der Waals surface area (Å²) in [5.74, 6) is 1.77. The number of aromatic nitrogens is 2. The lowest BCUT2D eigenvalue weighted by atomic mass is 9.94. The molecule has 2 N–H and O–H groups in total. The summed E-state index contributed by atoms with van der Waals surface area (Å²) in [7, 11) is 0. The Hall–Kier alpha value is -2.48. The molecular weight excluding hydrogens is 276 g/mol. The Bertz CT molecular complexity index is 727. The van der Waals surface area contributed by atoms with Gasteiger partial charge in [0.05, 0.1) is 18.8 Å². The van der Waals surface area contributed by atoms with Gasteiger partial charge in [-0.25, -0.2) is 4.68 Å². The zero-order valence-corrected chi connectivity index (χ0v) is 12.9. The molecule has 2 heterocycles. The maximum Gasteiger partial charge on any atom is 0.140 e. The average molecular weight is 296 g/mol. The van der Waals surface area contributed by atoms with Crippen molar-refractivity contribution in [3.05, 3.63) is 41.1 Å². The van der Waals surface area contributed by atoms with Gasteiger partial charge in [-0.1, -0.05) is 32.0 Å². The van der Waals surface area contributed by atoms with Crippen molar-refractivity contribution >= 4 is 5.82 Å². The van der Waals surface area contributed by atoms with Crippen LogP contribution in [0.2, 0.25) is 0 Å². The molecule has 22 heavy (non-hydrogen) atoms. The van der Waals surface area contributed by atoms with Gasteiger partial charge < -0.3 is 10.5 Å². The normalized spacial score (nSPS) is 17.5. The highest BCUT2D eigenvalue weighted by atomic mass is 16.5. The molecule has 1 aromatic carbocycles. The number of nitrogen functional groups attached to an aromatic ring is 1. The Balaban J connectivity index is 2.14. The molecule has 2 aromatic rings. The van der Waals surface area contributed by atoms with Gasteiger partial charge >= 0.3 is 0 Å². The number of para-hydroxylation sites is 1. The van der Waals surface area contributed by atoms with Crippen LogP contribution in [-0.2, 0) is 0 Å². The van der Waals surface area contributed by atoms with Crippen LogP contribution < -0.4 is 10.5 Å². The summed E-state index contributed by atoms with van der Waals surface area (Å²) in [6, 6.07) is 8.34. The maximum absolute atomic E-state index is 9.09. The van der Waals surface area contributed by atoms with Crippen molar-refractivity contribution in [2.75, 3.05) is 12.3 Å². The summed E-state index contributed by atoms with van der Waals surface area (Å²) in [6.45, 7) is 5.02. The molecule has 0 radical (unpaired) electrons. The standard InChI is InChI=1S/C17H20N4O/c1-11(2)13-5-3-6-14-15(7-4-8-22-16(13)14)21-17(19)12(9-18)10-20-21/h3,5-6,10-11,15H,4,7-8,19H2,1-2H3. The second-order valence-electron chi connectivity index (χ2n) is 5.93. The number of ether oxygens (including phenoxy) is 1. The number of hydrogen-bond donors (Lipinski definition) is 1. The molecule has 0 amide bonds. The average Bonchev–Trinajstić information content (AvgIpc) is 2.75. The van der Waals surface area contributed by atoms with Crippen molar-refractivity contribution in [1.82, 2.24) is 9.78 Å². The lowest BCUT2D eigenvalue weighted by Gasteiger charge is -2.21. The molecule has 5 heteroatoms. The van der Waals surface area contributed by atoms with Gasteiger partial charge in [-0.3, -0.25) is 0 Å². The van der Waals surface area contributed by atoms with Gasteiger partial charge in [-0.2, -0.15) is 10.4 Å². The van der Waals surface area contributed by atoms with E-state index in [2.05, 4.69) is 43.2 Å². The predicted molar refractivity (Wildman–Crippen MR) is 84.8 cm³/mol. The molecule has 5 nitrogen and oxygen atoms in total. The van der Waals surface area contributed by atoms with Gasteiger partial charge in [0.2, 0.25) is 0 Å². The minimum Gasteiger partial charge on any atom is -0.493 e. The zero-order valence-electron chi connectivity index (χ0n) is 12.9. The quantitative estimate of drug-likeness (QED) is 0.923. The van der Waals surface area contributed by atoms with Gasteiger partial charge in [0.1, 0.15) is 23.2 Å². The molecule has 1 aromatic heterocycles. The lowest BCUT2D eigenvalue weighted by Crippen LogP contribution is -2.15. The third kappa shape index (κ3) is 2.31. The third-order valence-corrected chi connectivity index (χ3v) is 4.17. The van der Waals surface area contributed by atoms with Gasteiger partial charge in [0.25, 0.3) is 0 Å². The molecule has 1 aliphatic rings. The molecule has 114 valence electrons. The first kappa shape index (κ1) is 14.5. The fraction of sp³-hybridized carbons (Fsp3) is 0.412. The van der Waals surface area contributed by atoms with Crippen molar-refractivity contribution in [3.63, 3.8) is 0 Å². The van der Waals surface area contributed by atoms with E-state index in [1.54, 1.807) is 4.68 Å². The van der Waals surface area contributed by atoms with Crippen LogP contribution in [0.15, 0.2) is 24.4 Å². The van der Waals surface area contributed by atoms with Gasteiger partial charge in [-0.05, 0) is 24.3 Å². The predicted octanol–water partition coefficient (Wildman–Crippen LogP) is 3.22. The van der Waals surface area contributed by atoms with Crippen molar-refractivity contribution in [2.24, 2.45) is 0 Å². The molecular formula is C17H20N4O. The first-order chi connectivity index (χ1) is 10.6. The molecule has 1 unspecified atom stereocenters. The highest BCUT2D eigenvalue weighted by Gasteiger charge is 2.26. The summed E-state index contributed by atoms with van der Waals surface area (Å²) >= 11 is 0. The van der Waals surface area contributed by atoms with Crippen LogP contribution in [0.1, 0.15) is 55.3 Å². The van der Waals surface area contributed by atoms with Crippen molar-refractivity contribution in [2.45, 2.75) is 38.6 Å². The smallest absolute Gasteiger partial charge is 0.140 e. The first-order valence-electron chi connectivity index (χ1n) is 7.62. The van der Waals surface area contributed by atoms with E-state index in [1.807, 2.05) is 0 Å². The highest BCUT2D eigenvalue weighted by molar-refractivity contribution is 5.51. The fourth-order valence-electron chi connectivity index (χ4n) is 3.02. The Morgan fingerprint density at radius 3 is 2.95 bits per heavy atom. The number of fused-ring (bicyclic) bond motifs is 1. The van der Waals surface area contributed by atoms with Gasteiger partial charge in [0, 0.05) is 5.56 Å². The maximum atomic E-state index is 9.09. The van der Waals surface area contributed by atoms with E-state index in [1.165, 1.54) is 11.8 Å². The second kappa shape index (κ2) is 5.72. The molecule has 0 fully saturated rings. The number of benzene rings is 1. The van der Waals surface area contributed by atoms with Crippen molar-refractivity contribution in [1.29, 1.82) is 5.26 Å². The van der Waals surface area contributed by atoms with Crippen molar-refractivity contribution < 1.29 is 4.74 Å². The molecule has 1 atom stereocenters. The summed E-state index contributed by atoms with van der Waals surface area (Å²) < 4.78 is 7.78. The van der Waals surface area contributed by atoms with E-state index >= 15 is 0 Å². The minimum absolute atomic E-state index is 0.0123. The zero-order chi connectivity index (χ0) is 15.7. The Morgan fingerprint density at radius 2 is 2.27 bits per heavy atom. The fourth-order valence-corrected chi connectivity index (χ4v) is 3.02. The van der Waals surface area contributed by atoms with Crippen LogP contribution in [0.4, 0.5) is 5.82 Å². The third-order valence-electron chi connectivity index (χ3n) is 4.17. The SMILES string of the molecule is CC(C)c1cccc2c1OCCCC2n1ncc(C#N)c1N. The molecule has 0 aliphatic carbocycles. The summed E-state index contributed by atoms with van der Waals surface area (Å²) in [5, 5.41) is 13.4. The number of nitriles is 1. The van der Waals surface area contributed by atoms with E-state index in [0.717, 1.165) is 24.2 Å². The molecule has 1 aliphatic heterocycles. The molecule has 0 saturated carbocycles. The number of rotatable bonds is 2. The van der Waals surface area contributed by atoms with E-state index in [-0.39, 0.29) is 6.04 Å². The number of nitrogens with two attached hydrogens (primary N) is 1. The molecule has 3 rings (SSSR count). The number of hydrogen-bond acceptors (Lipinski definition) is 4. The highest BCUT2D eigenvalue weighted by Crippen LogP contribution is 2.40. The topological polar surface area (TPSA) is 76.9 Å². The Labute approximate surface area is 130 Å². The van der Waals surface area contributed by atoms with Crippen LogP contribution in [0, 0.1) is 11.3 Å². The van der Waals surface area contributed by atoms with Crippen LogP contribution in [0.3, 0.4) is 0 Å². The minimum atomic E-state index is 0.0123. The first-order valence-corrected chi connectivity index (χ1v) is 7.62. The van der Waals surface area contributed by atoms with E-state index < -0.39 is 0 Å². The molecule has 0 saturated heterocycles. The van der Waals surface area contributed by atoms with Crippen LogP contribution in [-0.4, -0.2) is 16.4 Å². The molecule has 0 spiro atoms. The van der Waals surface area contributed by atoms with E-state index in [0.29, 0.717) is 23.9 Å². The van der Waals surface area contributed by atoms with Gasteiger partial charge in [-0.15, -0.1) is 0 Å². The Morgan fingerprint density at radius 1 is 1.45 bits per heavy atom. The van der Waals surface area contributed by atoms with Crippen LogP contribution in [0.5, 0.6) is 5.75 Å². The van der Waals surface area contributed by atoms with Crippen molar-refractivity contribution in [3.8, 4) is 11.8 Å².